The van der Waals surface area contributed by atoms with Gasteiger partial charge in [-0.05, 0) is 134 Å². The lowest BCUT2D eigenvalue weighted by molar-refractivity contribution is 0.226. The van der Waals surface area contributed by atoms with Gasteiger partial charge in [0.25, 0.3) is 0 Å². The van der Waals surface area contributed by atoms with Gasteiger partial charge in [-0.1, -0.05) is 12.1 Å². The third-order valence-electron chi connectivity index (χ3n) is 7.59. The number of aliphatic hydroxyl groups excluding tert-OH is 2. The molecule has 0 atom stereocenters. The van der Waals surface area contributed by atoms with Gasteiger partial charge in [-0.15, -0.1) is 9.81 Å². The molecule has 0 aliphatic carbocycles. The van der Waals surface area contributed by atoms with E-state index in [0.717, 1.165) is 9.80 Å². The topological polar surface area (TPSA) is 183 Å². The van der Waals surface area contributed by atoms with E-state index in [2.05, 4.69) is 20.3 Å². The second kappa shape index (κ2) is 13.1. The number of ether oxygens (including phenoxy) is 2. The molecule has 14 heteroatoms. The zero-order valence-corrected chi connectivity index (χ0v) is 26.8. The standard InChI is InChI=1S/C34H30N6O8/c1-17-7-9-25(15-27(17)35-31(41)47-29-19(3)11-23(37-45)12-20(29)4)39-33(43)40(34(39)44)26-10-8-18(2)28(16-26)36-32(42)48-30-21(5)13-24(38-46)14-22(30)6/h7-16H,1-6H3,(H,35,41)(H,36,42). The van der Waals surface area contributed by atoms with Gasteiger partial charge in [0.2, 0.25) is 0 Å². The minimum Gasteiger partial charge on any atom is -0.466 e. The van der Waals surface area contributed by atoms with E-state index in [1.807, 2.05) is 0 Å². The number of imide groups is 2. The molecule has 0 radical (unpaired) electrons. The molecule has 1 aliphatic heterocycles. The lowest BCUT2D eigenvalue weighted by Crippen LogP contribution is -2.64. The van der Waals surface area contributed by atoms with Crippen molar-refractivity contribution in [1.82, 2.24) is 0 Å². The fourth-order valence-electron chi connectivity index (χ4n) is 5.19. The van der Waals surface area contributed by atoms with Crippen molar-refractivity contribution in [2.75, 3.05) is 9.80 Å². The number of aryl methyl sites for hydroxylation is 6. The molecule has 0 aromatic heterocycles. The zero-order chi connectivity index (χ0) is 34.9. The van der Waals surface area contributed by atoms with Crippen molar-refractivity contribution in [2.45, 2.75) is 41.5 Å². The van der Waals surface area contributed by atoms with Gasteiger partial charge in [-0.25, -0.2) is 19.4 Å². The molecular weight excluding hydrogens is 620 g/mol. The minimum atomic E-state index is -0.684. The van der Waals surface area contributed by atoms with Crippen molar-refractivity contribution >= 4 is 58.4 Å². The first-order chi connectivity index (χ1) is 22.8. The van der Waals surface area contributed by atoms with Gasteiger partial charge in [-0.2, -0.15) is 9.98 Å². The highest BCUT2D eigenvalue weighted by molar-refractivity contribution is 6.41. The van der Waals surface area contributed by atoms with Crippen LogP contribution in [0.15, 0.2) is 81.0 Å². The molecule has 0 saturated carbocycles. The maximum Gasteiger partial charge on any atom is 0.391 e. The Morgan fingerprint density at radius 2 is 0.875 bits per heavy atom. The van der Waals surface area contributed by atoms with E-state index < -0.39 is 24.2 Å². The van der Waals surface area contributed by atoms with Crippen molar-refractivity contribution in [3.05, 3.63) is 104 Å². The van der Waals surface area contributed by atoms with Gasteiger partial charge in [0.15, 0.2) is 0 Å². The quantitative estimate of drug-likeness (QED) is 0.107. The van der Waals surface area contributed by atoms with Gasteiger partial charge in [-0.3, -0.25) is 0 Å². The number of nitrogens with zero attached hydrogens (tertiary/aromatic N) is 6. The van der Waals surface area contributed by atoms with Crippen LogP contribution in [0.3, 0.4) is 0 Å². The Kier molecular flexibility index (Phi) is 9.00. The van der Waals surface area contributed by atoms with E-state index in [4.69, 9.17) is 9.47 Å². The van der Waals surface area contributed by atoms with Crippen molar-refractivity contribution in [3.8, 4) is 11.5 Å². The predicted octanol–water partition coefficient (Wildman–Crippen LogP) is 9.15. The van der Waals surface area contributed by atoms with Crippen LogP contribution in [0, 0.1) is 51.4 Å². The van der Waals surface area contributed by atoms with Crippen molar-refractivity contribution in [2.24, 2.45) is 20.3 Å². The molecule has 4 aromatic carbocycles. The molecule has 4 aromatic rings. The van der Waals surface area contributed by atoms with Crippen LogP contribution in [-0.4, -0.2) is 34.4 Å². The number of rotatable bonds is 8. The fourth-order valence-corrected chi connectivity index (χ4v) is 5.19. The molecule has 48 heavy (non-hydrogen) atoms. The number of aliphatic imine (C=N–C) groups is 2. The molecule has 0 unspecified atom stereocenters. The van der Waals surface area contributed by atoms with E-state index in [9.17, 15) is 29.6 Å². The number of hydrogen-bond acceptors (Lipinski definition) is 10. The molecule has 14 nitrogen and oxygen atoms in total. The van der Waals surface area contributed by atoms with Crippen LogP contribution >= 0.6 is 0 Å². The van der Waals surface area contributed by atoms with Gasteiger partial charge in [0, 0.05) is 0 Å². The number of carbonyl (C=O) groups excluding carboxylic acids is 2. The highest BCUT2D eigenvalue weighted by Gasteiger charge is 2.46. The largest absolute Gasteiger partial charge is 0.466 e. The third kappa shape index (κ3) is 6.44. The number of aliphatic hydroxyl groups is 2. The zero-order valence-electron chi connectivity index (χ0n) is 26.8. The van der Waals surface area contributed by atoms with Crippen LogP contribution in [0.1, 0.15) is 33.4 Å². The van der Waals surface area contributed by atoms with Crippen LogP contribution in [0.4, 0.5) is 43.7 Å². The summed E-state index contributed by atoms with van der Waals surface area (Å²) in [6.07, 6.45) is -1.37. The Morgan fingerprint density at radius 1 is 0.542 bits per heavy atom. The Bertz CT molecular complexity index is 1870. The monoisotopic (exact) mass is 650 g/mol. The van der Waals surface area contributed by atoms with Crippen LogP contribution < -0.4 is 19.3 Å². The number of urea groups is 2. The Balaban J connectivity index is 1.35. The van der Waals surface area contributed by atoms with Gasteiger partial charge in [0.1, 0.15) is 22.9 Å². The van der Waals surface area contributed by atoms with E-state index in [1.165, 1.54) is 36.4 Å². The number of carbonyl (C=O) groups is 2. The fraction of sp³-hybridized carbons (Fsp3) is 0.176. The van der Waals surface area contributed by atoms with Crippen LogP contribution in [0.2, 0.25) is 0 Å². The van der Waals surface area contributed by atoms with E-state index in [1.54, 1.807) is 65.8 Å². The maximum atomic E-state index is 13.3. The minimum absolute atomic E-state index is 0.213. The molecule has 1 fully saturated rings. The SMILES string of the molecule is Cc1ccc(N2C(=O)N(c3ccc(C)c(N=C(O)Oc4c(C)cc(N=O)cc4C)c3)C2=O)cc1N=C(O)Oc1c(C)cc(N=O)cc1C. The molecule has 1 heterocycles. The predicted molar refractivity (Wildman–Crippen MR) is 182 cm³/mol. The van der Waals surface area contributed by atoms with Crippen LogP contribution in [-0.2, 0) is 0 Å². The molecule has 1 aliphatic rings. The summed E-state index contributed by atoms with van der Waals surface area (Å²) in [7, 11) is 0. The first-order valence-electron chi connectivity index (χ1n) is 14.5. The molecule has 0 bridgehead atoms. The van der Waals surface area contributed by atoms with Crippen molar-refractivity contribution < 1.29 is 29.3 Å². The summed E-state index contributed by atoms with van der Waals surface area (Å²) >= 11 is 0. The number of benzene rings is 4. The Hall–Kier alpha value is -6.44. The molecule has 244 valence electrons. The second-order valence-corrected chi connectivity index (χ2v) is 11.2. The molecule has 0 spiro atoms. The molecular formula is C34H30N6O8. The first-order valence-corrected chi connectivity index (χ1v) is 14.5. The van der Waals surface area contributed by atoms with Crippen LogP contribution in [0.25, 0.3) is 0 Å². The van der Waals surface area contributed by atoms with Crippen molar-refractivity contribution in [3.63, 3.8) is 0 Å². The molecule has 2 N–H and O–H groups in total. The highest BCUT2D eigenvalue weighted by Crippen LogP contribution is 2.36. The highest BCUT2D eigenvalue weighted by atomic mass is 16.6. The summed E-state index contributed by atoms with van der Waals surface area (Å²) in [4.78, 5) is 58.6. The van der Waals surface area contributed by atoms with Crippen molar-refractivity contribution in [1.29, 1.82) is 0 Å². The smallest absolute Gasteiger partial charge is 0.391 e. The summed E-state index contributed by atoms with van der Waals surface area (Å²) in [6.45, 7) is 10.2. The normalized spacial score (nSPS) is 13.4. The first kappa shape index (κ1) is 32.9. The summed E-state index contributed by atoms with van der Waals surface area (Å²) in [5.74, 6) is 0.609. The van der Waals surface area contributed by atoms with Gasteiger partial charge in [0.05, 0.1) is 22.7 Å². The summed E-state index contributed by atoms with van der Waals surface area (Å²) in [6, 6.07) is 14.1. The number of hydrogen-bond donors (Lipinski definition) is 2. The van der Waals surface area contributed by atoms with Gasteiger partial charge < -0.3 is 19.7 Å². The summed E-state index contributed by atoms with van der Waals surface area (Å²) in [5.41, 5.74) is 4.88. The lowest BCUT2D eigenvalue weighted by atomic mass is 10.1. The van der Waals surface area contributed by atoms with E-state index >= 15 is 0 Å². The second-order valence-electron chi connectivity index (χ2n) is 11.2. The van der Waals surface area contributed by atoms with Gasteiger partial charge >= 0.3 is 24.2 Å². The molecule has 4 amide bonds. The third-order valence-corrected chi connectivity index (χ3v) is 7.59. The number of amides is 4. The van der Waals surface area contributed by atoms with E-state index in [-0.39, 0.29) is 34.1 Å². The summed E-state index contributed by atoms with van der Waals surface area (Å²) in [5, 5.41) is 26.9. The number of nitroso groups, excluding NO2 is 2. The summed E-state index contributed by atoms with van der Waals surface area (Å²) < 4.78 is 11.1. The average Bonchev–Trinajstić information content (AvgIpc) is 3.03. The lowest BCUT2D eigenvalue weighted by Gasteiger charge is -2.39. The Morgan fingerprint density at radius 3 is 1.19 bits per heavy atom. The molecule has 5 rings (SSSR count). The molecule has 1 saturated heterocycles. The maximum absolute atomic E-state index is 13.3. The number of anilines is 2. The average molecular weight is 651 g/mol. The Labute approximate surface area is 274 Å². The van der Waals surface area contributed by atoms with E-state index in [0.29, 0.717) is 44.9 Å². The van der Waals surface area contributed by atoms with Crippen LogP contribution in [0.5, 0.6) is 11.5 Å².